The van der Waals surface area contributed by atoms with Crippen LogP contribution in [-0.4, -0.2) is 40.7 Å². The van der Waals surface area contributed by atoms with Gasteiger partial charge in [0.2, 0.25) is 0 Å². The van der Waals surface area contributed by atoms with Crippen LogP contribution in [-0.2, 0) is 4.74 Å². The Kier molecular flexibility index (Phi) is 4.69. The molecular formula is C16H22O2Te. The molecule has 2 aliphatic rings. The zero-order valence-corrected chi connectivity index (χ0v) is 13.8. The fourth-order valence-electron chi connectivity index (χ4n) is 3.29. The predicted molar refractivity (Wildman–Crippen MR) is 78.4 cm³/mol. The summed E-state index contributed by atoms with van der Waals surface area (Å²) >= 11 is -0.0632. The summed E-state index contributed by atoms with van der Waals surface area (Å²) in [6.07, 6.45) is 6.12. The Morgan fingerprint density at radius 2 is 2.00 bits per heavy atom. The van der Waals surface area contributed by atoms with E-state index in [1.54, 1.807) is 10.7 Å². The minimum atomic E-state index is -0.0632. The molecule has 0 aromatic heterocycles. The van der Waals surface area contributed by atoms with E-state index >= 15 is 0 Å². The van der Waals surface area contributed by atoms with Crippen molar-refractivity contribution in [2.24, 2.45) is 11.8 Å². The Balaban J connectivity index is 1.54. The van der Waals surface area contributed by atoms with Gasteiger partial charge >= 0.3 is 126 Å². The van der Waals surface area contributed by atoms with Crippen molar-refractivity contribution in [3.8, 4) is 5.75 Å². The Morgan fingerprint density at radius 1 is 1.21 bits per heavy atom. The Labute approximate surface area is 125 Å². The fourth-order valence-corrected chi connectivity index (χ4v) is 6.37. The average molecular weight is 374 g/mol. The number of rotatable bonds is 4. The van der Waals surface area contributed by atoms with Gasteiger partial charge < -0.3 is 0 Å². The molecule has 1 aliphatic heterocycles. The van der Waals surface area contributed by atoms with Crippen LogP contribution in [0.15, 0.2) is 24.3 Å². The summed E-state index contributed by atoms with van der Waals surface area (Å²) < 4.78 is 14.2. The maximum absolute atomic E-state index is 6.00. The molecule has 1 aromatic carbocycles. The van der Waals surface area contributed by atoms with Gasteiger partial charge in [0.15, 0.2) is 0 Å². The summed E-state index contributed by atoms with van der Waals surface area (Å²) in [5, 5.41) is 0. The van der Waals surface area contributed by atoms with Crippen molar-refractivity contribution in [2.75, 3.05) is 13.7 Å². The van der Waals surface area contributed by atoms with Gasteiger partial charge in [-0.2, -0.15) is 0 Å². The fraction of sp³-hybridized carbons (Fsp3) is 0.625. The molecule has 1 aromatic rings. The minimum absolute atomic E-state index is 0.0632. The van der Waals surface area contributed by atoms with Crippen molar-refractivity contribution < 1.29 is 9.47 Å². The van der Waals surface area contributed by atoms with Gasteiger partial charge in [-0.05, 0) is 0 Å². The second-order valence-electron chi connectivity index (χ2n) is 5.57. The molecule has 0 spiro atoms. The van der Waals surface area contributed by atoms with Gasteiger partial charge in [-0.15, -0.1) is 0 Å². The Hall–Kier alpha value is -0.230. The van der Waals surface area contributed by atoms with Crippen LogP contribution >= 0.6 is 0 Å². The summed E-state index contributed by atoms with van der Waals surface area (Å²) in [6, 6.07) is 8.67. The van der Waals surface area contributed by atoms with E-state index in [1.807, 2.05) is 0 Å². The quantitative estimate of drug-likeness (QED) is 0.755. The molecule has 1 aliphatic carbocycles. The van der Waals surface area contributed by atoms with Crippen molar-refractivity contribution in [3.63, 3.8) is 0 Å². The molecule has 1 heterocycles. The van der Waals surface area contributed by atoms with E-state index in [0.29, 0.717) is 6.10 Å². The zero-order valence-electron chi connectivity index (χ0n) is 11.5. The third-order valence-corrected chi connectivity index (χ3v) is 7.83. The molecule has 3 heteroatoms. The zero-order chi connectivity index (χ0) is 13.1. The second-order valence-corrected chi connectivity index (χ2v) is 8.69. The molecule has 104 valence electrons. The van der Waals surface area contributed by atoms with Crippen LogP contribution in [0, 0.1) is 11.8 Å². The topological polar surface area (TPSA) is 18.5 Å². The van der Waals surface area contributed by atoms with Crippen LogP contribution in [0.2, 0.25) is 4.47 Å². The molecule has 1 saturated carbocycles. The molecule has 2 fully saturated rings. The number of hydrogen-bond donors (Lipinski definition) is 0. The van der Waals surface area contributed by atoms with Crippen LogP contribution < -0.4 is 8.35 Å². The molecule has 1 unspecified atom stereocenters. The third kappa shape index (κ3) is 3.27. The summed E-state index contributed by atoms with van der Waals surface area (Å²) in [7, 11) is 1.73. The van der Waals surface area contributed by atoms with Crippen LogP contribution in [0.25, 0.3) is 0 Å². The molecule has 1 saturated heterocycles. The first-order chi connectivity index (χ1) is 9.36. The van der Waals surface area contributed by atoms with Crippen molar-refractivity contribution in [1.82, 2.24) is 0 Å². The van der Waals surface area contributed by atoms with Gasteiger partial charge in [-0.1, -0.05) is 0 Å². The monoisotopic (exact) mass is 376 g/mol. The van der Waals surface area contributed by atoms with E-state index < -0.39 is 0 Å². The molecule has 0 bridgehead atoms. The summed E-state index contributed by atoms with van der Waals surface area (Å²) in [5.74, 6) is 2.68. The standard InChI is InChI=1S/C16H22O2Te/c1-17-13-6-8-14(9-7-13)19-11-12-10-18-16-5-3-2-4-15(12)16/h6-9,12,15-16H,2-5,10-11H2,1H3/t12-,15?,16+/m1/s1. The number of ether oxygens (including phenoxy) is 2. The summed E-state index contributed by atoms with van der Waals surface area (Å²) in [6.45, 7) is 1.02. The van der Waals surface area contributed by atoms with Crippen LogP contribution in [0.1, 0.15) is 25.7 Å². The first kappa shape index (κ1) is 13.7. The van der Waals surface area contributed by atoms with E-state index in [9.17, 15) is 0 Å². The van der Waals surface area contributed by atoms with Crippen molar-refractivity contribution in [2.45, 2.75) is 36.3 Å². The summed E-state index contributed by atoms with van der Waals surface area (Å²) in [4.78, 5) is 0. The molecule has 0 amide bonds. The van der Waals surface area contributed by atoms with E-state index in [2.05, 4.69) is 24.3 Å². The molecule has 3 atom stereocenters. The molecule has 2 nitrogen and oxygen atoms in total. The van der Waals surface area contributed by atoms with Crippen LogP contribution in [0.3, 0.4) is 0 Å². The van der Waals surface area contributed by atoms with E-state index in [0.717, 1.165) is 24.2 Å². The molecule has 19 heavy (non-hydrogen) atoms. The number of fused-ring (bicyclic) bond motifs is 1. The Bertz CT molecular complexity index is 404. The number of methoxy groups -OCH3 is 1. The van der Waals surface area contributed by atoms with Gasteiger partial charge in [0.05, 0.1) is 0 Å². The van der Waals surface area contributed by atoms with E-state index in [1.165, 1.54) is 30.2 Å². The van der Waals surface area contributed by atoms with E-state index in [4.69, 9.17) is 9.47 Å². The predicted octanol–water partition coefficient (Wildman–Crippen LogP) is 2.65. The van der Waals surface area contributed by atoms with Gasteiger partial charge in [-0.25, -0.2) is 0 Å². The normalized spacial score (nSPS) is 30.1. The van der Waals surface area contributed by atoms with Gasteiger partial charge in [0, 0.05) is 0 Å². The van der Waals surface area contributed by atoms with Crippen LogP contribution in [0.4, 0.5) is 0 Å². The molecule has 0 N–H and O–H groups in total. The van der Waals surface area contributed by atoms with E-state index in [-0.39, 0.29) is 20.9 Å². The second kappa shape index (κ2) is 6.48. The third-order valence-electron chi connectivity index (χ3n) is 4.41. The first-order valence-corrected chi connectivity index (χ1v) is 10.1. The van der Waals surface area contributed by atoms with Gasteiger partial charge in [0.1, 0.15) is 0 Å². The van der Waals surface area contributed by atoms with Crippen molar-refractivity contribution in [3.05, 3.63) is 24.3 Å². The number of hydrogen-bond acceptors (Lipinski definition) is 2. The number of benzene rings is 1. The summed E-state index contributed by atoms with van der Waals surface area (Å²) in [5.41, 5.74) is 0. The van der Waals surface area contributed by atoms with Gasteiger partial charge in [-0.3, -0.25) is 0 Å². The molecule has 3 rings (SSSR count). The van der Waals surface area contributed by atoms with Gasteiger partial charge in [0.25, 0.3) is 0 Å². The average Bonchev–Trinajstić information content (AvgIpc) is 2.89. The van der Waals surface area contributed by atoms with Crippen molar-refractivity contribution >= 4 is 24.5 Å². The molecular weight excluding hydrogens is 352 g/mol. The SMILES string of the molecule is COc1ccc([Te]C[C@H]2CO[C@H]3CCCCC23)cc1. The van der Waals surface area contributed by atoms with Crippen molar-refractivity contribution in [1.29, 1.82) is 0 Å². The maximum atomic E-state index is 6.00. The molecule has 0 radical (unpaired) electrons. The van der Waals surface area contributed by atoms with Crippen LogP contribution in [0.5, 0.6) is 5.75 Å². The Morgan fingerprint density at radius 3 is 2.79 bits per heavy atom. The first-order valence-electron chi connectivity index (χ1n) is 7.25.